The summed E-state index contributed by atoms with van der Waals surface area (Å²) in [5, 5.41) is 3.50. The molecular formula is C24H22Cl2N4. The first-order chi connectivity index (χ1) is 14.6. The van der Waals surface area contributed by atoms with Crippen molar-refractivity contribution in [1.82, 2.24) is 9.97 Å². The standard InChI is InChI=1S/C24H22Cl2N4/c25-15-4-6-19-21(12-15)28-10-8-23(19)30(18-3-1-2-17(27)14-18)24-9-11-29-22-13-16(26)5-7-20(22)24/h4-13,17-18H,1-3,14,27H2. The number of rotatable bonds is 3. The van der Waals surface area contributed by atoms with Gasteiger partial charge in [0, 0.05) is 45.3 Å². The van der Waals surface area contributed by atoms with Crippen molar-refractivity contribution in [3.63, 3.8) is 0 Å². The Morgan fingerprint density at radius 1 is 0.800 bits per heavy atom. The second-order valence-electron chi connectivity index (χ2n) is 7.93. The highest BCUT2D eigenvalue weighted by Gasteiger charge is 2.28. The lowest BCUT2D eigenvalue weighted by Gasteiger charge is -2.39. The minimum atomic E-state index is 0.205. The Bertz CT molecular complexity index is 1140. The number of nitrogens with two attached hydrogens (primary N) is 1. The summed E-state index contributed by atoms with van der Waals surface area (Å²) in [7, 11) is 0. The molecule has 152 valence electrons. The lowest BCUT2D eigenvalue weighted by Crippen LogP contribution is -2.40. The lowest BCUT2D eigenvalue weighted by atomic mass is 9.89. The van der Waals surface area contributed by atoms with Crippen molar-refractivity contribution in [2.45, 2.75) is 37.8 Å². The monoisotopic (exact) mass is 436 g/mol. The molecule has 0 saturated heterocycles. The first-order valence-electron chi connectivity index (χ1n) is 10.2. The molecule has 1 saturated carbocycles. The predicted octanol–water partition coefficient (Wildman–Crippen LogP) is 6.50. The highest BCUT2D eigenvalue weighted by atomic mass is 35.5. The van der Waals surface area contributed by atoms with E-state index in [-0.39, 0.29) is 12.1 Å². The van der Waals surface area contributed by atoms with Crippen molar-refractivity contribution < 1.29 is 0 Å². The Hall–Kier alpha value is -2.40. The average Bonchev–Trinajstić information content (AvgIpc) is 2.74. The fourth-order valence-corrected chi connectivity index (χ4v) is 4.92. The summed E-state index contributed by atoms with van der Waals surface area (Å²) >= 11 is 12.5. The summed E-state index contributed by atoms with van der Waals surface area (Å²) in [4.78, 5) is 11.5. The first-order valence-corrected chi connectivity index (χ1v) is 11.0. The van der Waals surface area contributed by atoms with Crippen molar-refractivity contribution >= 4 is 56.4 Å². The molecule has 4 nitrogen and oxygen atoms in total. The van der Waals surface area contributed by atoms with Crippen molar-refractivity contribution in [2.75, 3.05) is 4.90 Å². The minimum Gasteiger partial charge on any atom is -0.337 e. The van der Waals surface area contributed by atoms with Crippen LogP contribution in [-0.4, -0.2) is 22.1 Å². The van der Waals surface area contributed by atoms with E-state index in [9.17, 15) is 0 Å². The topological polar surface area (TPSA) is 55.0 Å². The van der Waals surface area contributed by atoms with Gasteiger partial charge < -0.3 is 10.6 Å². The fraction of sp³-hybridized carbons (Fsp3) is 0.250. The number of halogens is 2. The molecule has 2 aromatic heterocycles. The molecule has 2 N–H and O–H groups in total. The summed E-state index contributed by atoms with van der Waals surface area (Å²) in [6, 6.07) is 16.4. The number of fused-ring (bicyclic) bond motifs is 2. The van der Waals surface area contributed by atoms with Gasteiger partial charge in [-0.05, 0) is 74.2 Å². The second kappa shape index (κ2) is 8.03. The summed E-state index contributed by atoms with van der Waals surface area (Å²) in [6.45, 7) is 0. The molecule has 1 aliphatic carbocycles. The van der Waals surface area contributed by atoms with Crippen LogP contribution in [0.1, 0.15) is 25.7 Å². The molecule has 2 aromatic carbocycles. The van der Waals surface area contributed by atoms with E-state index >= 15 is 0 Å². The summed E-state index contributed by atoms with van der Waals surface area (Å²) < 4.78 is 0. The highest BCUT2D eigenvalue weighted by Crippen LogP contribution is 2.40. The fourth-order valence-electron chi connectivity index (χ4n) is 4.59. The average molecular weight is 437 g/mol. The molecule has 4 aromatic rings. The Balaban J connectivity index is 1.76. The van der Waals surface area contributed by atoms with E-state index in [2.05, 4.69) is 39.1 Å². The third kappa shape index (κ3) is 3.60. The van der Waals surface area contributed by atoms with Gasteiger partial charge in [-0.1, -0.05) is 23.2 Å². The molecule has 30 heavy (non-hydrogen) atoms. The Labute approximate surface area is 185 Å². The van der Waals surface area contributed by atoms with Crippen LogP contribution >= 0.6 is 23.2 Å². The molecule has 2 atom stereocenters. The molecule has 0 spiro atoms. The van der Waals surface area contributed by atoms with Crippen LogP contribution in [0.25, 0.3) is 21.8 Å². The Morgan fingerprint density at radius 3 is 1.90 bits per heavy atom. The zero-order chi connectivity index (χ0) is 20.7. The summed E-state index contributed by atoms with van der Waals surface area (Å²) in [5.41, 5.74) is 10.4. The molecular weight excluding hydrogens is 415 g/mol. The number of hydrogen-bond acceptors (Lipinski definition) is 4. The second-order valence-corrected chi connectivity index (χ2v) is 8.81. The van der Waals surface area contributed by atoms with Gasteiger partial charge in [-0.15, -0.1) is 0 Å². The number of nitrogens with zero attached hydrogens (tertiary/aromatic N) is 3. The van der Waals surface area contributed by atoms with Crippen LogP contribution in [0.2, 0.25) is 10.0 Å². The van der Waals surface area contributed by atoms with Crippen LogP contribution in [0.15, 0.2) is 60.9 Å². The maximum atomic E-state index is 6.40. The van der Waals surface area contributed by atoms with E-state index in [4.69, 9.17) is 28.9 Å². The van der Waals surface area contributed by atoms with E-state index in [1.165, 1.54) is 0 Å². The highest BCUT2D eigenvalue weighted by molar-refractivity contribution is 6.31. The molecule has 5 rings (SSSR count). The van der Waals surface area contributed by atoms with Gasteiger partial charge >= 0.3 is 0 Å². The SMILES string of the molecule is NC1CCCC(N(c2ccnc3cc(Cl)ccc23)c2ccnc3cc(Cl)ccc23)C1. The quantitative estimate of drug-likeness (QED) is 0.398. The molecule has 0 bridgehead atoms. The van der Waals surface area contributed by atoms with Crippen LogP contribution < -0.4 is 10.6 Å². The smallest absolute Gasteiger partial charge is 0.0737 e. The van der Waals surface area contributed by atoms with E-state index in [0.29, 0.717) is 10.0 Å². The largest absolute Gasteiger partial charge is 0.337 e. The molecule has 1 fully saturated rings. The lowest BCUT2D eigenvalue weighted by molar-refractivity contribution is 0.389. The Kier molecular flexibility index (Phi) is 5.23. The van der Waals surface area contributed by atoms with Gasteiger partial charge in [0.15, 0.2) is 0 Å². The van der Waals surface area contributed by atoms with Gasteiger partial charge in [0.2, 0.25) is 0 Å². The third-order valence-corrected chi connectivity index (χ3v) is 6.41. The van der Waals surface area contributed by atoms with E-state index < -0.39 is 0 Å². The number of pyridine rings is 2. The third-order valence-electron chi connectivity index (χ3n) is 5.93. The van der Waals surface area contributed by atoms with Gasteiger partial charge in [0.25, 0.3) is 0 Å². The van der Waals surface area contributed by atoms with Crippen LogP contribution in [0.4, 0.5) is 11.4 Å². The van der Waals surface area contributed by atoms with Crippen molar-refractivity contribution in [1.29, 1.82) is 0 Å². The van der Waals surface area contributed by atoms with Crippen LogP contribution in [0, 0.1) is 0 Å². The Morgan fingerprint density at radius 2 is 1.37 bits per heavy atom. The van der Waals surface area contributed by atoms with Crippen LogP contribution in [0.3, 0.4) is 0 Å². The van der Waals surface area contributed by atoms with Gasteiger partial charge in [0.1, 0.15) is 0 Å². The molecule has 0 aliphatic heterocycles. The molecule has 2 unspecified atom stereocenters. The van der Waals surface area contributed by atoms with E-state index in [1.54, 1.807) is 0 Å². The number of aromatic nitrogens is 2. The van der Waals surface area contributed by atoms with Gasteiger partial charge in [-0.25, -0.2) is 0 Å². The minimum absolute atomic E-state index is 0.205. The van der Waals surface area contributed by atoms with E-state index in [0.717, 1.165) is 58.9 Å². The van der Waals surface area contributed by atoms with Crippen molar-refractivity contribution in [2.24, 2.45) is 5.73 Å². The van der Waals surface area contributed by atoms with Crippen LogP contribution in [0.5, 0.6) is 0 Å². The summed E-state index contributed by atoms with van der Waals surface area (Å²) in [6.07, 6.45) is 7.92. The van der Waals surface area contributed by atoms with Gasteiger partial charge in [0.05, 0.1) is 22.4 Å². The number of hydrogen-bond donors (Lipinski definition) is 1. The van der Waals surface area contributed by atoms with Crippen LogP contribution in [-0.2, 0) is 0 Å². The normalized spacial score (nSPS) is 19.3. The first kappa shape index (κ1) is 19.6. The van der Waals surface area contributed by atoms with Crippen molar-refractivity contribution in [3.05, 3.63) is 71.0 Å². The molecule has 0 amide bonds. The molecule has 1 aliphatic rings. The maximum Gasteiger partial charge on any atom is 0.0737 e. The van der Waals surface area contributed by atoms with E-state index in [1.807, 2.05) is 36.7 Å². The number of benzene rings is 2. The predicted molar refractivity (Wildman–Crippen MR) is 126 cm³/mol. The summed E-state index contributed by atoms with van der Waals surface area (Å²) in [5.74, 6) is 0. The van der Waals surface area contributed by atoms with Gasteiger partial charge in [-0.3, -0.25) is 9.97 Å². The maximum absolute atomic E-state index is 6.40. The number of anilines is 2. The zero-order valence-corrected chi connectivity index (χ0v) is 17.9. The van der Waals surface area contributed by atoms with Gasteiger partial charge in [-0.2, -0.15) is 0 Å². The molecule has 6 heteroatoms. The van der Waals surface area contributed by atoms with Crippen molar-refractivity contribution in [3.8, 4) is 0 Å². The zero-order valence-electron chi connectivity index (χ0n) is 16.4. The molecule has 0 radical (unpaired) electrons. The molecule has 2 heterocycles.